The lowest BCUT2D eigenvalue weighted by Gasteiger charge is -2.09. The van der Waals surface area contributed by atoms with Crippen LogP contribution in [0, 0.1) is 0 Å². The highest BCUT2D eigenvalue weighted by Gasteiger charge is 2.05. The number of para-hydroxylation sites is 1. The van der Waals surface area contributed by atoms with Crippen LogP contribution in [0.4, 0.5) is 5.69 Å². The summed E-state index contributed by atoms with van der Waals surface area (Å²) in [5.74, 6) is 0.724. The molecular weight excluding hydrogens is 200 g/mol. The Morgan fingerprint density at radius 1 is 1.25 bits per heavy atom. The standard InChI is InChI=1S/C13H14N2O/c1-16-12-6-2-5-11(13(12)14)8-10-4-3-7-15-9-10/h2-7,9H,8,14H2,1H3. The molecule has 0 saturated carbocycles. The van der Waals surface area contributed by atoms with Gasteiger partial charge in [0.25, 0.3) is 0 Å². The molecule has 0 fully saturated rings. The lowest BCUT2D eigenvalue weighted by atomic mass is 10.0. The number of rotatable bonds is 3. The summed E-state index contributed by atoms with van der Waals surface area (Å²) in [4.78, 5) is 4.08. The van der Waals surface area contributed by atoms with Crippen molar-refractivity contribution in [2.45, 2.75) is 6.42 Å². The zero-order valence-corrected chi connectivity index (χ0v) is 9.18. The third-order valence-electron chi connectivity index (χ3n) is 2.49. The van der Waals surface area contributed by atoms with Crippen LogP contribution in [-0.2, 0) is 6.42 Å². The average Bonchev–Trinajstić information content (AvgIpc) is 2.33. The van der Waals surface area contributed by atoms with E-state index < -0.39 is 0 Å². The highest BCUT2D eigenvalue weighted by atomic mass is 16.5. The average molecular weight is 214 g/mol. The first-order valence-electron chi connectivity index (χ1n) is 5.11. The number of aromatic nitrogens is 1. The van der Waals surface area contributed by atoms with Crippen LogP contribution >= 0.6 is 0 Å². The predicted molar refractivity (Wildman–Crippen MR) is 64.4 cm³/mol. The molecule has 0 aliphatic carbocycles. The number of nitrogens with zero attached hydrogens (tertiary/aromatic N) is 1. The third kappa shape index (κ3) is 2.14. The smallest absolute Gasteiger partial charge is 0.142 e. The molecule has 0 aliphatic rings. The van der Waals surface area contributed by atoms with Crippen LogP contribution in [0.5, 0.6) is 5.75 Å². The molecule has 3 nitrogen and oxygen atoms in total. The molecule has 0 unspecified atom stereocenters. The summed E-state index contributed by atoms with van der Waals surface area (Å²) in [7, 11) is 1.62. The molecule has 2 aromatic rings. The van der Waals surface area contributed by atoms with Gasteiger partial charge in [0, 0.05) is 18.8 Å². The van der Waals surface area contributed by atoms with E-state index in [2.05, 4.69) is 4.98 Å². The second-order valence-electron chi connectivity index (χ2n) is 3.57. The van der Waals surface area contributed by atoms with Gasteiger partial charge in [-0.05, 0) is 23.3 Å². The summed E-state index contributed by atoms with van der Waals surface area (Å²) in [6, 6.07) is 9.77. The first-order valence-corrected chi connectivity index (χ1v) is 5.11. The van der Waals surface area contributed by atoms with Crippen molar-refractivity contribution in [1.29, 1.82) is 0 Å². The van der Waals surface area contributed by atoms with Gasteiger partial charge < -0.3 is 10.5 Å². The lowest BCUT2D eigenvalue weighted by Crippen LogP contribution is -1.99. The summed E-state index contributed by atoms with van der Waals surface area (Å²) in [6.45, 7) is 0. The Hall–Kier alpha value is -2.03. The summed E-state index contributed by atoms with van der Waals surface area (Å²) in [5, 5.41) is 0. The van der Waals surface area contributed by atoms with Crippen LogP contribution in [0.15, 0.2) is 42.7 Å². The van der Waals surface area contributed by atoms with Crippen LogP contribution < -0.4 is 10.5 Å². The predicted octanol–water partition coefficient (Wildman–Crippen LogP) is 2.26. The van der Waals surface area contributed by atoms with E-state index in [1.54, 1.807) is 13.3 Å². The van der Waals surface area contributed by atoms with Gasteiger partial charge in [-0.2, -0.15) is 0 Å². The maximum absolute atomic E-state index is 6.00. The lowest BCUT2D eigenvalue weighted by molar-refractivity contribution is 0.416. The fourth-order valence-corrected chi connectivity index (χ4v) is 1.64. The van der Waals surface area contributed by atoms with Crippen LogP contribution in [0.25, 0.3) is 0 Å². The van der Waals surface area contributed by atoms with Crippen molar-refractivity contribution in [3.63, 3.8) is 0 Å². The van der Waals surface area contributed by atoms with Crippen LogP contribution in [0.1, 0.15) is 11.1 Å². The fraction of sp³-hybridized carbons (Fsp3) is 0.154. The van der Waals surface area contributed by atoms with Gasteiger partial charge in [-0.15, -0.1) is 0 Å². The molecule has 1 aromatic carbocycles. The van der Waals surface area contributed by atoms with Gasteiger partial charge in [0.2, 0.25) is 0 Å². The zero-order valence-electron chi connectivity index (χ0n) is 9.18. The van der Waals surface area contributed by atoms with Crippen molar-refractivity contribution in [3.8, 4) is 5.75 Å². The zero-order chi connectivity index (χ0) is 11.4. The number of anilines is 1. The molecule has 0 aliphatic heterocycles. The third-order valence-corrected chi connectivity index (χ3v) is 2.49. The molecule has 82 valence electrons. The van der Waals surface area contributed by atoms with E-state index in [0.29, 0.717) is 5.69 Å². The normalized spacial score (nSPS) is 10.1. The number of nitrogen functional groups attached to an aromatic ring is 1. The molecule has 1 aromatic heterocycles. The Labute approximate surface area is 94.9 Å². The maximum Gasteiger partial charge on any atom is 0.142 e. The Bertz CT molecular complexity index is 469. The summed E-state index contributed by atoms with van der Waals surface area (Å²) >= 11 is 0. The first-order chi connectivity index (χ1) is 7.81. The van der Waals surface area contributed by atoms with Crippen molar-refractivity contribution in [2.75, 3.05) is 12.8 Å². The van der Waals surface area contributed by atoms with Gasteiger partial charge in [0.1, 0.15) is 5.75 Å². The minimum atomic E-state index is 0.703. The number of hydrogen-bond acceptors (Lipinski definition) is 3. The molecule has 0 saturated heterocycles. The largest absolute Gasteiger partial charge is 0.495 e. The number of pyridine rings is 1. The molecule has 0 spiro atoms. The molecule has 1 heterocycles. The van der Waals surface area contributed by atoms with Gasteiger partial charge in [-0.25, -0.2) is 0 Å². The van der Waals surface area contributed by atoms with E-state index in [1.165, 1.54) is 0 Å². The van der Waals surface area contributed by atoms with E-state index in [4.69, 9.17) is 10.5 Å². The van der Waals surface area contributed by atoms with E-state index in [9.17, 15) is 0 Å². The van der Waals surface area contributed by atoms with Gasteiger partial charge >= 0.3 is 0 Å². The van der Waals surface area contributed by atoms with Crippen molar-refractivity contribution in [1.82, 2.24) is 4.98 Å². The van der Waals surface area contributed by atoms with E-state index in [1.807, 2.05) is 36.5 Å². The number of nitrogens with two attached hydrogens (primary N) is 1. The molecular formula is C13H14N2O. The second-order valence-corrected chi connectivity index (χ2v) is 3.57. The van der Waals surface area contributed by atoms with Gasteiger partial charge in [-0.1, -0.05) is 18.2 Å². The topological polar surface area (TPSA) is 48.1 Å². The van der Waals surface area contributed by atoms with Crippen LogP contribution in [-0.4, -0.2) is 12.1 Å². The Kier molecular flexibility index (Phi) is 3.05. The number of ether oxygens (including phenoxy) is 1. The summed E-state index contributed by atoms with van der Waals surface area (Å²) in [5.41, 5.74) is 8.90. The molecule has 16 heavy (non-hydrogen) atoms. The van der Waals surface area contributed by atoms with E-state index in [-0.39, 0.29) is 0 Å². The first kappa shape index (κ1) is 10.5. The molecule has 2 rings (SSSR count). The Morgan fingerprint density at radius 3 is 2.81 bits per heavy atom. The minimum absolute atomic E-state index is 0.703. The van der Waals surface area contributed by atoms with Crippen molar-refractivity contribution in [2.24, 2.45) is 0 Å². The fourth-order valence-electron chi connectivity index (χ4n) is 1.64. The monoisotopic (exact) mass is 214 g/mol. The van der Waals surface area contributed by atoms with E-state index >= 15 is 0 Å². The highest BCUT2D eigenvalue weighted by molar-refractivity contribution is 5.59. The molecule has 0 amide bonds. The van der Waals surface area contributed by atoms with Crippen LogP contribution in [0.3, 0.4) is 0 Å². The highest BCUT2D eigenvalue weighted by Crippen LogP contribution is 2.26. The number of hydrogen-bond donors (Lipinski definition) is 1. The summed E-state index contributed by atoms with van der Waals surface area (Å²) in [6.07, 6.45) is 4.38. The number of methoxy groups -OCH3 is 1. The maximum atomic E-state index is 6.00. The number of benzene rings is 1. The SMILES string of the molecule is COc1cccc(Cc2cccnc2)c1N. The molecule has 0 radical (unpaired) electrons. The summed E-state index contributed by atoms with van der Waals surface area (Å²) < 4.78 is 5.18. The van der Waals surface area contributed by atoms with Crippen molar-refractivity contribution < 1.29 is 4.74 Å². The van der Waals surface area contributed by atoms with Crippen LogP contribution in [0.2, 0.25) is 0 Å². The van der Waals surface area contributed by atoms with Crippen molar-refractivity contribution in [3.05, 3.63) is 53.9 Å². The minimum Gasteiger partial charge on any atom is -0.495 e. The molecule has 0 atom stereocenters. The molecule has 0 bridgehead atoms. The van der Waals surface area contributed by atoms with Gasteiger partial charge in [0.05, 0.1) is 12.8 Å². The molecule has 3 heteroatoms. The Balaban J connectivity index is 2.28. The second kappa shape index (κ2) is 4.66. The van der Waals surface area contributed by atoms with E-state index in [0.717, 1.165) is 23.3 Å². The van der Waals surface area contributed by atoms with Crippen molar-refractivity contribution >= 4 is 5.69 Å². The quantitative estimate of drug-likeness (QED) is 0.797. The van der Waals surface area contributed by atoms with Gasteiger partial charge in [0.15, 0.2) is 0 Å². The van der Waals surface area contributed by atoms with Gasteiger partial charge in [-0.3, -0.25) is 4.98 Å². The molecule has 2 N–H and O–H groups in total. The Morgan fingerprint density at radius 2 is 2.12 bits per heavy atom.